The number of rotatable bonds is 5. The van der Waals surface area contributed by atoms with Crippen LogP contribution in [-0.4, -0.2) is 22.3 Å². The summed E-state index contributed by atoms with van der Waals surface area (Å²) in [7, 11) is 0. The summed E-state index contributed by atoms with van der Waals surface area (Å²) in [6.07, 6.45) is 4.93. The number of pyridine rings is 1. The maximum atomic E-state index is 12.4. The number of carbonyl (C=O) groups is 1. The van der Waals surface area contributed by atoms with Crippen molar-refractivity contribution in [2.45, 2.75) is 6.54 Å². The fourth-order valence-corrected chi connectivity index (χ4v) is 2.78. The van der Waals surface area contributed by atoms with Crippen LogP contribution >= 0.6 is 22.9 Å². The summed E-state index contributed by atoms with van der Waals surface area (Å²) in [6.45, 7) is 4.71. The second-order valence-electron chi connectivity index (χ2n) is 3.92. The summed E-state index contributed by atoms with van der Waals surface area (Å²) in [5.74, 6) is -0.0578. The predicted molar refractivity (Wildman–Crippen MR) is 78.5 cm³/mol. The number of hydrogen-bond donors (Lipinski definition) is 0. The van der Waals surface area contributed by atoms with E-state index in [0.717, 1.165) is 9.21 Å². The summed E-state index contributed by atoms with van der Waals surface area (Å²) in [5, 5.41) is 0. The van der Waals surface area contributed by atoms with Gasteiger partial charge in [-0.15, -0.1) is 17.9 Å². The Labute approximate surface area is 121 Å². The first-order valence-electron chi connectivity index (χ1n) is 5.75. The molecule has 0 saturated heterocycles. The molecule has 3 nitrogen and oxygen atoms in total. The van der Waals surface area contributed by atoms with Crippen LogP contribution in [0.25, 0.3) is 0 Å². The molecule has 0 unspecified atom stereocenters. The Morgan fingerprint density at radius 1 is 1.47 bits per heavy atom. The van der Waals surface area contributed by atoms with E-state index in [4.69, 9.17) is 11.6 Å². The highest BCUT2D eigenvalue weighted by molar-refractivity contribution is 7.16. The van der Waals surface area contributed by atoms with Crippen LogP contribution in [0.15, 0.2) is 49.3 Å². The SMILES string of the molecule is C=CCN(Cc1ccc(Cl)s1)C(=O)c1cccnc1. The molecule has 0 aliphatic heterocycles. The minimum atomic E-state index is -0.0578. The zero-order valence-electron chi connectivity index (χ0n) is 10.3. The Balaban J connectivity index is 2.15. The van der Waals surface area contributed by atoms with Gasteiger partial charge in [0.05, 0.1) is 16.4 Å². The number of thiophene rings is 1. The van der Waals surface area contributed by atoms with Gasteiger partial charge in [0, 0.05) is 23.8 Å². The van der Waals surface area contributed by atoms with Crippen LogP contribution in [-0.2, 0) is 6.54 Å². The van der Waals surface area contributed by atoms with E-state index in [2.05, 4.69) is 11.6 Å². The predicted octanol–water partition coefficient (Wildman–Crippen LogP) is 3.62. The molecule has 98 valence electrons. The highest BCUT2D eigenvalue weighted by Crippen LogP contribution is 2.23. The fraction of sp³-hybridized carbons (Fsp3) is 0.143. The van der Waals surface area contributed by atoms with Crippen molar-refractivity contribution in [3.63, 3.8) is 0 Å². The van der Waals surface area contributed by atoms with E-state index in [1.54, 1.807) is 35.5 Å². The van der Waals surface area contributed by atoms with Gasteiger partial charge >= 0.3 is 0 Å². The molecule has 5 heteroatoms. The second kappa shape index (κ2) is 6.50. The minimum absolute atomic E-state index is 0.0578. The third kappa shape index (κ3) is 3.66. The number of aromatic nitrogens is 1. The van der Waals surface area contributed by atoms with E-state index in [-0.39, 0.29) is 5.91 Å². The van der Waals surface area contributed by atoms with Gasteiger partial charge < -0.3 is 4.90 Å². The van der Waals surface area contributed by atoms with Crippen molar-refractivity contribution in [2.24, 2.45) is 0 Å². The van der Waals surface area contributed by atoms with Gasteiger partial charge in [-0.2, -0.15) is 0 Å². The van der Waals surface area contributed by atoms with Gasteiger partial charge in [-0.05, 0) is 24.3 Å². The van der Waals surface area contributed by atoms with Crippen molar-refractivity contribution in [1.29, 1.82) is 0 Å². The molecule has 0 atom stereocenters. The molecule has 0 aromatic carbocycles. The van der Waals surface area contributed by atoms with Gasteiger partial charge in [0.1, 0.15) is 0 Å². The van der Waals surface area contributed by atoms with Gasteiger partial charge in [0.25, 0.3) is 5.91 Å². The molecule has 0 bridgehead atoms. The molecular weight excluding hydrogens is 280 g/mol. The van der Waals surface area contributed by atoms with Crippen molar-refractivity contribution < 1.29 is 4.79 Å². The molecule has 2 rings (SSSR count). The zero-order chi connectivity index (χ0) is 13.7. The van der Waals surface area contributed by atoms with Crippen LogP contribution in [0, 0.1) is 0 Å². The lowest BCUT2D eigenvalue weighted by molar-refractivity contribution is 0.0764. The van der Waals surface area contributed by atoms with Crippen LogP contribution in [0.3, 0.4) is 0 Å². The van der Waals surface area contributed by atoms with Crippen molar-refractivity contribution in [3.05, 3.63) is 64.1 Å². The van der Waals surface area contributed by atoms with Crippen LogP contribution in [0.2, 0.25) is 4.34 Å². The van der Waals surface area contributed by atoms with Crippen LogP contribution in [0.4, 0.5) is 0 Å². The van der Waals surface area contributed by atoms with E-state index in [0.29, 0.717) is 18.7 Å². The fourth-order valence-electron chi connectivity index (χ4n) is 1.67. The lowest BCUT2D eigenvalue weighted by Gasteiger charge is -2.20. The molecule has 0 aliphatic rings. The maximum absolute atomic E-state index is 12.4. The first kappa shape index (κ1) is 13.8. The smallest absolute Gasteiger partial charge is 0.256 e. The third-order valence-electron chi connectivity index (χ3n) is 2.52. The topological polar surface area (TPSA) is 33.2 Å². The van der Waals surface area contributed by atoms with E-state index >= 15 is 0 Å². The first-order valence-corrected chi connectivity index (χ1v) is 6.94. The Morgan fingerprint density at radius 2 is 2.32 bits per heavy atom. The van der Waals surface area contributed by atoms with Crippen molar-refractivity contribution in [2.75, 3.05) is 6.54 Å². The molecule has 19 heavy (non-hydrogen) atoms. The van der Waals surface area contributed by atoms with Gasteiger partial charge in [0.15, 0.2) is 0 Å². The molecular formula is C14H13ClN2OS. The standard InChI is InChI=1S/C14H13ClN2OS/c1-2-8-17(10-12-5-6-13(15)19-12)14(18)11-4-3-7-16-9-11/h2-7,9H,1,8,10H2. The summed E-state index contributed by atoms with van der Waals surface area (Å²) in [4.78, 5) is 19.1. The quantitative estimate of drug-likeness (QED) is 0.789. The first-order chi connectivity index (χ1) is 9.20. The van der Waals surface area contributed by atoms with E-state index in [9.17, 15) is 4.79 Å². The molecule has 0 N–H and O–H groups in total. The number of halogens is 1. The summed E-state index contributed by atoms with van der Waals surface area (Å²) >= 11 is 7.38. The number of carbonyl (C=O) groups excluding carboxylic acids is 1. The molecule has 2 aromatic rings. The molecule has 0 aliphatic carbocycles. The lowest BCUT2D eigenvalue weighted by atomic mass is 10.2. The van der Waals surface area contributed by atoms with Gasteiger partial charge in [0.2, 0.25) is 0 Å². The maximum Gasteiger partial charge on any atom is 0.256 e. The van der Waals surface area contributed by atoms with E-state index in [1.165, 1.54) is 11.3 Å². The average Bonchev–Trinajstić information content (AvgIpc) is 2.84. The zero-order valence-corrected chi connectivity index (χ0v) is 11.8. The Kier molecular flexibility index (Phi) is 4.71. The highest BCUT2D eigenvalue weighted by Gasteiger charge is 2.15. The van der Waals surface area contributed by atoms with Gasteiger partial charge in [-0.3, -0.25) is 9.78 Å². The average molecular weight is 293 g/mol. The van der Waals surface area contributed by atoms with Gasteiger partial charge in [-0.25, -0.2) is 0 Å². The van der Waals surface area contributed by atoms with Gasteiger partial charge in [-0.1, -0.05) is 17.7 Å². The largest absolute Gasteiger partial charge is 0.330 e. The summed E-state index contributed by atoms with van der Waals surface area (Å²) in [6, 6.07) is 7.27. The van der Waals surface area contributed by atoms with Crippen molar-refractivity contribution in [3.8, 4) is 0 Å². The second-order valence-corrected chi connectivity index (χ2v) is 5.72. The Bertz CT molecular complexity index is 568. The van der Waals surface area contributed by atoms with Crippen LogP contribution in [0.1, 0.15) is 15.2 Å². The monoisotopic (exact) mass is 292 g/mol. The van der Waals surface area contributed by atoms with Crippen LogP contribution < -0.4 is 0 Å². The molecule has 0 spiro atoms. The number of hydrogen-bond acceptors (Lipinski definition) is 3. The minimum Gasteiger partial charge on any atom is -0.330 e. The molecule has 1 amide bonds. The van der Waals surface area contributed by atoms with E-state index in [1.807, 2.05) is 12.1 Å². The highest BCUT2D eigenvalue weighted by atomic mass is 35.5. The van der Waals surface area contributed by atoms with Crippen LogP contribution in [0.5, 0.6) is 0 Å². The molecule has 0 fully saturated rings. The number of nitrogens with zero attached hydrogens (tertiary/aromatic N) is 2. The normalized spacial score (nSPS) is 10.2. The Morgan fingerprint density at radius 3 is 2.89 bits per heavy atom. The number of amides is 1. The molecule has 0 saturated carbocycles. The van der Waals surface area contributed by atoms with Crippen molar-refractivity contribution >= 4 is 28.8 Å². The molecule has 2 aromatic heterocycles. The van der Waals surface area contributed by atoms with E-state index < -0.39 is 0 Å². The molecule has 0 radical (unpaired) electrons. The third-order valence-corrected chi connectivity index (χ3v) is 3.74. The Hall–Kier alpha value is -1.65. The van der Waals surface area contributed by atoms with Crippen molar-refractivity contribution in [1.82, 2.24) is 9.88 Å². The summed E-state index contributed by atoms with van der Waals surface area (Å²) in [5.41, 5.74) is 0.576. The summed E-state index contributed by atoms with van der Waals surface area (Å²) < 4.78 is 0.724. The molecule has 2 heterocycles. The lowest BCUT2D eigenvalue weighted by Crippen LogP contribution is -2.30.